The molecule has 1 aliphatic rings. The summed E-state index contributed by atoms with van der Waals surface area (Å²) in [5.41, 5.74) is -2.30. The molecule has 3 rings (SSSR count). The molecule has 196 valence electrons. The zero-order valence-electron chi connectivity index (χ0n) is 20.2. The van der Waals surface area contributed by atoms with Crippen LogP contribution in [0.1, 0.15) is 47.9 Å². The van der Waals surface area contributed by atoms with Crippen LogP contribution in [0.15, 0.2) is 60.7 Å². The second-order valence-electron chi connectivity index (χ2n) is 8.17. The number of alkyl halides is 2. The van der Waals surface area contributed by atoms with Gasteiger partial charge in [-0.1, -0.05) is 36.4 Å². The third-order valence-corrected chi connectivity index (χ3v) is 7.64. The second kappa shape index (κ2) is 12.1. The summed E-state index contributed by atoms with van der Waals surface area (Å²) in [5, 5.41) is 0. The lowest BCUT2D eigenvalue weighted by atomic mass is 9.97. The second-order valence-corrected chi connectivity index (χ2v) is 10.3. The maximum absolute atomic E-state index is 16.1. The Hall–Kier alpha value is -2.65. The minimum atomic E-state index is -4.24. The topological polar surface area (TPSA) is 97.4 Å². The number of carbonyl (C=O) groups is 2. The van der Waals surface area contributed by atoms with Gasteiger partial charge in [0.25, 0.3) is 0 Å². The predicted octanol–water partition coefficient (Wildman–Crippen LogP) is 5.47. The van der Waals surface area contributed by atoms with Crippen LogP contribution in [0.4, 0.5) is 8.78 Å². The van der Waals surface area contributed by atoms with Gasteiger partial charge in [0, 0.05) is 6.42 Å². The highest BCUT2D eigenvalue weighted by atomic mass is 31.2. The zero-order chi connectivity index (χ0) is 26.3. The normalized spacial score (nSPS) is 24.8. The van der Waals surface area contributed by atoms with Gasteiger partial charge >= 0.3 is 19.5 Å². The van der Waals surface area contributed by atoms with Crippen LogP contribution in [0, 0.1) is 0 Å². The Labute approximate surface area is 208 Å². The maximum Gasteiger partial charge on any atom is 0.364 e. The molecule has 2 aromatic rings. The summed E-state index contributed by atoms with van der Waals surface area (Å²) in [5.74, 6) is -4.00. The number of rotatable bonds is 11. The summed E-state index contributed by atoms with van der Waals surface area (Å²) >= 11 is 0. The molecule has 36 heavy (non-hydrogen) atoms. The summed E-state index contributed by atoms with van der Waals surface area (Å²) in [6.45, 7) is 3.89. The van der Waals surface area contributed by atoms with Gasteiger partial charge in [0.2, 0.25) is 17.9 Å². The first-order chi connectivity index (χ1) is 17.1. The molecule has 1 saturated heterocycles. The van der Waals surface area contributed by atoms with Gasteiger partial charge in [0.15, 0.2) is 6.10 Å². The van der Waals surface area contributed by atoms with E-state index in [0.717, 1.165) is 6.92 Å². The van der Waals surface area contributed by atoms with Crippen LogP contribution in [0.25, 0.3) is 0 Å². The van der Waals surface area contributed by atoms with Crippen LogP contribution in [-0.2, 0) is 27.8 Å². The number of halogens is 2. The van der Waals surface area contributed by atoms with Crippen LogP contribution in [0.2, 0.25) is 0 Å². The minimum absolute atomic E-state index is 0.0895. The first kappa shape index (κ1) is 27.9. The standard InChI is InChI=1S/C25H29F2O8P/c1-4-31-36(30,32-5-2)20(26)16-19-21(34-22(28)17-12-8-6-9-13-17)25(3,27)24(33-19)35-23(29)18-14-10-7-11-15-18/h6-15,19-21,24H,4-5,16H2,1-3H3/t19-,20?,21+,24?,25?/m1/s1. The lowest BCUT2D eigenvalue weighted by Gasteiger charge is -2.28. The third kappa shape index (κ3) is 6.37. The van der Waals surface area contributed by atoms with Gasteiger partial charge in [-0.25, -0.2) is 18.4 Å². The quantitative estimate of drug-likeness (QED) is 0.281. The van der Waals surface area contributed by atoms with E-state index < -0.39 is 56.0 Å². The average Bonchev–Trinajstić information content (AvgIpc) is 3.09. The van der Waals surface area contributed by atoms with Gasteiger partial charge in [-0.05, 0) is 45.0 Å². The highest BCUT2D eigenvalue weighted by molar-refractivity contribution is 7.54. The van der Waals surface area contributed by atoms with Gasteiger partial charge < -0.3 is 23.3 Å². The van der Waals surface area contributed by atoms with Crippen molar-refractivity contribution >= 4 is 19.5 Å². The van der Waals surface area contributed by atoms with Crippen molar-refractivity contribution in [2.75, 3.05) is 13.2 Å². The Bertz CT molecular complexity index is 1060. The molecule has 0 saturated carbocycles. The van der Waals surface area contributed by atoms with Crippen LogP contribution in [0.5, 0.6) is 0 Å². The monoisotopic (exact) mass is 526 g/mol. The van der Waals surface area contributed by atoms with Crippen LogP contribution in [-0.4, -0.2) is 55.2 Å². The van der Waals surface area contributed by atoms with Crippen LogP contribution < -0.4 is 0 Å². The Kier molecular flexibility index (Phi) is 9.35. The summed E-state index contributed by atoms with van der Waals surface area (Å²) < 4.78 is 70.5. The summed E-state index contributed by atoms with van der Waals surface area (Å²) in [6.07, 6.45) is -5.71. The molecule has 1 fully saturated rings. The number of esters is 2. The van der Waals surface area contributed by atoms with Crippen molar-refractivity contribution in [1.29, 1.82) is 0 Å². The summed E-state index contributed by atoms with van der Waals surface area (Å²) in [4.78, 5) is 25.3. The van der Waals surface area contributed by atoms with Crippen molar-refractivity contribution in [3.05, 3.63) is 71.8 Å². The van der Waals surface area contributed by atoms with Gasteiger partial charge in [-0.2, -0.15) is 0 Å². The van der Waals surface area contributed by atoms with E-state index in [1.165, 1.54) is 38.1 Å². The van der Waals surface area contributed by atoms with Crippen molar-refractivity contribution in [3.63, 3.8) is 0 Å². The molecule has 2 aromatic carbocycles. The molecule has 5 atom stereocenters. The zero-order valence-corrected chi connectivity index (χ0v) is 21.1. The molecule has 1 aliphatic heterocycles. The van der Waals surface area contributed by atoms with Crippen molar-refractivity contribution < 1.29 is 46.2 Å². The molecule has 0 N–H and O–H groups in total. The molecule has 8 nitrogen and oxygen atoms in total. The van der Waals surface area contributed by atoms with E-state index in [1.807, 2.05) is 0 Å². The molecule has 0 aromatic heterocycles. The number of hydrogen-bond acceptors (Lipinski definition) is 8. The lowest BCUT2D eigenvalue weighted by Crippen LogP contribution is -2.46. The van der Waals surface area contributed by atoms with Crippen molar-refractivity contribution in [3.8, 4) is 0 Å². The van der Waals surface area contributed by atoms with E-state index in [0.29, 0.717) is 0 Å². The van der Waals surface area contributed by atoms with E-state index in [1.54, 1.807) is 36.4 Å². The molecule has 0 radical (unpaired) electrons. The Morgan fingerprint density at radius 3 is 1.89 bits per heavy atom. The van der Waals surface area contributed by atoms with Crippen LogP contribution in [0.3, 0.4) is 0 Å². The fraction of sp³-hybridized carbons (Fsp3) is 0.440. The lowest BCUT2D eigenvalue weighted by molar-refractivity contribution is -0.146. The van der Waals surface area contributed by atoms with Gasteiger partial charge in [0.05, 0.1) is 24.3 Å². The van der Waals surface area contributed by atoms with Crippen molar-refractivity contribution in [1.82, 2.24) is 0 Å². The maximum atomic E-state index is 16.1. The number of ether oxygens (including phenoxy) is 3. The molecule has 0 aliphatic carbocycles. The average molecular weight is 526 g/mol. The minimum Gasteiger partial charge on any atom is -0.452 e. The first-order valence-corrected chi connectivity index (χ1v) is 13.1. The first-order valence-electron chi connectivity index (χ1n) is 11.5. The fourth-order valence-electron chi connectivity index (χ4n) is 3.75. The van der Waals surface area contributed by atoms with E-state index in [9.17, 15) is 14.2 Å². The Morgan fingerprint density at radius 1 is 0.944 bits per heavy atom. The molecule has 11 heteroatoms. The molecule has 3 unspecified atom stereocenters. The predicted molar refractivity (Wildman–Crippen MR) is 126 cm³/mol. The van der Waals surface area contributed by atoms with Crippen molar-refractivity contribution in [2.45, 2.75) is 57.3 Å². The number of carbonyl (C=O) groups excluding carboxylic acids is 2. The summed E-state index contributed by atoms with van der Waals surface area (Å²) in [6, 6.07) is 15.6. The van der Waals surface area contributed by atoms with E-state index >= 15 is 8.78 Å². The third-order valence-electron chi connectivity index (χ3n) is 5.51. The Morgan fingerprint density at radius 2 is 1.42 bits per heavy atom. The van der Waals surface area contributed by atoms with Crippen molar-refractivity contribution in [2.24, 2.45) is 0 Å². The van der Waals surface area contributed by atoms with Gasteiger partial charge in [-0.15, -0.1) is 0 Å². The SMILES string of the molecule is CCOP(=O)(OCC)C(F)C[C@H]1OC(OC(=O)c2ccccc2)C(C)(F)[C@H]1OC(=O)c1ccccc1. The van der Waals surface area contributed by atoms with E-state index in [2.05, 4.69) is 0 Å². The largest absolute Gasteiger partial charge is 0.452 e. The van der Waals surface area contributed by atoms with E-state index in [-0.39, 0.29) is 24.3 Å². The molecule has 0 bridgehead atoms. The number of hydrogen-bond donors (Lipinski definition) is 0. The molecular weight excluding hydrogens is 497 g/mol. The molecule has 0 amide bonds. The van der Waals surface area contributed by atoms with E-state index in [4.69, 9.17) is 23.3 Å². The van der Waals surface area contributed by atoms with Gasteiger partial charge in [0.1, 0.15) is 6.10 Å². The highest BCUT2D eigenvalue weighted by Crippen LogP contribution is 2.56. The summed E-state index contributed by atoms with van der Waals surface area (Å²) in [7, 11) is -4.24. The number of benzene rings is 2. The molecule has 1 heterocycles. The smallest absolute Gasteiger partial charge is 0.364 e. The van der Waals surface area contributed by atoms with Gasteiger partial charge in [-0.3, -0.25) is 4.57 Å². The fourth-order valence-corrected chi connectivity index (χ4v) is 5.33. The van der Waals surface area contributed by atoms with Crippen LogP contribution >= 0.6 is 7.60 Å². The highest BCUT2D eigenvalue weighted by Gasteiger charge is 2.60. The molecule has 0 spiro atoms. The Balaban J connectivity index is 1.87. The molecular formula is C25H29F2O8P.